The maximum absolute atomic E-state index is 12.2. The number of aromatic nitrogens is 2. The van der Waals surface area contributed by atoms with Gasteiger partial charge in [-0.3, -0.25) is 9.48 Å². The number of piperazine rings is 1. The number of rotatable bonds is 7. The van der Waals surface area contributed by atoms with Crippen molar-refractivity contribution in [3.63, 3.8) is 0 Å². The van der Waals surface area contributed by atoms with E-state index < -0.39 is 0 Å². The SMILES string of the molecule is CC[C@@H](C(=O)NCCCN1CCN(C)CC1)n1cccn1. The van der Waals surface area contributed by atoms with E-state index in [1.165, 1.54) is 0 Å². The van der Waals surface area contributed by atoms with Gasteiger partial charge < -0.3 is 15.1 Å². The second-order valence-electron chi connectivity index (χ2n) is 5.70. The molecule has 0 spiro atoms. The molecule has 1 N–H and O–H groups in total. The maximum Gasteiger partial charge on any atom is 0.244 e. The van der Waals surface area contributed by atoms with Gasteiger partial charge in [-0.2, -0.15) is 5.10 Å². The zero-order valence-corrected chi connectivity index (χ0v) is 13.2. The normalized spacial score (nSPS) is 18.6. The van der Waals surface area contributed by atoms with Crippen LogP contribution in [0.1, 0.15) is 25.8 Å². The van der Waals surface area contributed by atoms with Crippen LogP contribution in [0.3, 0.4) is 0 Å². The van der Waals surface area contributed by atoms with Crippen LogP contribution in [0, 0.1) is 0 Å². The fourth-order valence-electron chi connectivity index (χ4n) is 2.66. The minimum atomic E-state index is -0.191. The molecule has 6 nitrogen and oxygen atoms in total. The van der Waals surface area contributed by atoms with E-state index in [-0.39, 0.29) is 11.9 Å². The minimum Gasteiger partial charge on any atom is -0.354 e. The van der Waals surface area contributed by atoms with Gasteiger partial charge in [0.25, 0.3) is 0 Å². The first-order chi connectivity index (χ1) is 10.2. The number of carbonyl (C=O) groups is 1. The van der Waals surface area contributed by atoms with Gasteiger partial charge in [-0.1, -0.05) is 6.92 Å². The molecule has 1 fully saturated rings. The summed E-state index contributed by atoms with van der Waals surface area (Å²) in [5, 5.41) is 7.19. The van der Waals surface area contributed by atoms with Gasteiger partial charge >= 0.3 is 0 Å². The molecule has 0 aromatic carbocycles. The quantitative estimate of drug-likeness (QED) is 0.748. The van der Waals surface area contributed by atoms with Crippen molar-refractivity contribution < 1.29 is 4.79 Å². The van der Waals surface area contributed by atoms with E-state index in [9.17, 15) is 4.79 Å². The number of likely N-dealkylation sites (N-methyl/N-ethyl adjacent to an activating group) is 1. The molecule has 118 valence electrons. The topological polar surface area (TPSA) is 53.4 Å². The van der Waals surface area contributed by atoms with Crippen molar-refractivity contribution in [1.82, 2.24) is 24.9 Å². The Hall–Kier alpha value is -1.40. The molecule has 1 saturated heterocycles. The van der Waals surface area contributed by atoms with Gasteiger partial charge in [0.05, 0.1) is 0 Å². The fraction of sp³-hybridized carbons (Fsp3) is 0.733. The first-order valence-electron chi connectivity index (χ1n) is 7.88. The second kappa shape index (κ2) is 8.14. The van der Waals surface area contributed by atoms with E-state index >= 15 is 0 Å². The summed E-state index contributed by atoms with van der Waals surface area (Å²) in [6, 6.07) is 1.66. The van der Waals surface area contributed by atoms with Gasteiger partial charge in [0.15, 0.2) is 0 Å². The van der Waals surface area contributed by atoms with E-state index in [1.54, 1.807) is 10.9 Å². The molecule has 1 aliphatic rings. The lowest BCUT2D eigenvalue weighted by molar-refractivity contribution is -0.124. The standard InChI is InChI=1S/C15H27N5O/c1-3-14(20-9-5-7-17-20)15(21)16-6-4-8-19-12-10-18(2)11-13-19/h5,7,9,14H,3-4,6,8,10-13H2,1-2H3,(H,16,21)/t14-/m0/s1. The van der Waals surface area contributed by atoms with Crippen molar-refractivity contribution in [2.45, 2.75) is 25.8 Å². The predicted molar refractivity (Wildman–Crippen MR) is 83.1 cm³/mol. The number of nitrogens with zero attached hydrogens (tertiary/aromatic N) is 4. The molecule has 21 heavy (non-hydrogen) atoms. The minimum absolute atomic E-state index is 0.0691. The largest absolute Gasteiger partial charge is 0.354 e. The molecule has 2 rings (SSSR count). The van der Waals surface area contributed by atoms with Crippen LogP contribution in [0.2, 0.25) is 0 Å². The zero-order valence-electron chi connectivity index (χ0n) is 13.2. The van der Waals surface area contributed by atoms with Crippen LogP contribution in [-0.4, -0.2) is 71.8 Å². The lowest BCUT2D eigenvalue weighted by Gasteiger charge is -2.32. The summed E-state index contributed by atoms with van der Waals surface area (Å²) < 4.78 is 1.73. The zero-order chi connectivity index (χ0) is 15.1. The Morgan fingerprint density at radius 3 is 2.71 bits per heavy atom. The highest BCUT2D eigenvalue weighted by Gasteiger charge is 2.18. The molecular formula is C15H27N5O. The molecule has 0 unspecified atom stereocenters. The van der Waals surface area contributed by atoms with Crippen LogP contribution in [0.15, 0.2) is 18.5 Å². The first-order valence-corrected chi connectivity index (χ1v) is 7.88. The smallest absolute Gasteiger partial charge is 0.244 e. The van der Waals surface area contributed by atoms with Crippen molar-refractivity contribution in [2.75, 3.05) is 46.3 Å². The molecule has 6 heteroatoms. The highest BCUT2D eigenvalue weighted by Crippen LogP contribution is 2.09. The average Bonchev–Trinajstić information content (AvgIpc) is 3.00. The summed E-state index contributed by atoms with van der Waals surface area (Å²) in [7, 11) is 2.16. The Balaban J connectivity index is 1.65. The molecule has 2 heterocycles. The molecule has 0 bridgehead atoms. The van der Waals surface area contributed by atoms with Crippen LogP contribution in [0.4, 0.5) is 0 Å². The van der Waals surface area contributed by atoms with Crippen LogP contribution >= 0.6 is 0 Å². The van der Waals surface area contributed by atoms with Crippen molar-refractivity contribution in [2.24, 2.45) is 0 Å². The number of hydrogen-bond donors (Lipinski definition) is 1. The summed E-state index contributed by atoms with van der Waals surface area (Å²) in [6.07, 6.45) is 5.32. The van der Waals surface area contributed by atoms with Gasteiger partial charge in [-0.25, -0.2) is 0 Å². The van der Waals surface area contributed by atoms with E-state index in [4.69, 9.17) is 0 Å². The van der Waals surface area contributed by atoms with E-state index in [1.807, 2.05) is 19.2 Å². The summed E-state index contributed by atoms with van der Waals surface area (Å²) >= 11 is 0. The van der Waals surface area contributed by atoms with Gasteiger partial charge in [-0.05, 0) is 32.5 Å². The van der Waals surface area contributed by atoms with Crippen LogP contribution in [-0.2, 0) is 4.79 Å². The Morgan fingerprint density at radius 2 is 2.10 bits per heavy atom. The maximum atomic E-state index is 12.2. The van der Waals surface area contributed by atoms with Crippen molar-refractivity contribution >= 4 is 5.91 Å². The number of hydrogen-bond acceptors (Lipinski definition) is 4. The summed E-state index contributed by atoms with van der Waals surface area (Å²) in [5.74, 6) is 0.0691. The van der Waals surface area contributed by atoms with Crippen molar-refractivity contribution in [3.05, 3.63) is 18.5 Å². The van der Waals surface area contributed by atoms with E-state index in [0.29, 0.717) is 0 Å². The summed E-state index contributed by atoms with van der Waals surface area (Å²) in [6.45, 7) is 8.36. The van der Waals surface area contributed by atoms with Gasteiger partial charge in [0.1, 0.15) is 6.04 Å². The molecular weight excluding hydrogens is 266 g/mol. The Labute approximate surface area is 127 Å². The second-order valence-corrected chi connectivity index (χ2v) is 5.70. The van der Waals surface area contributed by atoms with Crippen LogP contribution in [0.5, 0.6) is 0 Å². The van der Waals surface area contributed by atoms with E-state index in [0.717, 1.165) is 52.1 Å². The molecule has 1 aromatic heterocycles. The lowest BCUT2D eigenvalue weighted by atomic mass is 10.2. The highest BCUT2D eigenvalue weighted by molar-refractivity contribution is 5.80. The Bertz CT molecular complexity index is 412. The first kappa shape index (κ1) is 16.0. The summed E-state index contributed by atoms with van der Waals surface area (Å²) in [4.78, 5) is 17.0. The van der Waals surface area contributed by atoms with Crippen LogP contribution in [0.25, 0.3) is 0 Å². The van der Waals surface area contributed by atoms with Crippen LogP contribution < -0.4 is 5.32 Å². The molecule has 1 atom stereocenters. The van der Waals surface area contributed by atoms with Crippen molar-refractivity contribution in [3.8, 4) is 0 Å². The Morgan fingerprint density at radius 1 is 1.33 bits per heavy atom. The molecule has 1 aliphatic heterocycles. The summed E-state index contributed by atoms with van der Waals surface area (Å²) in [5.41, 5.74) is 0. The van der Waals surface area contributed by atoms with Crippen molar-refractivity contribution in [1.29, 1.82) is 0 Å². The third-order valence-corrected chi connectivity index (χ3v) is 4.08. The third kappa shape index (κ3) is 4.82. The number of amides is 1. The van der Waals surface area contributed by atoms with E-state index in [2.05, 4.69) is 27.3 Å². The van der Waals surface area contributed by atoms with Gasteiger partial charge in [0.2, 0.25) is 5.91 Å². The molecule has 0 radical (unpaired) electrons. The Kier molecular flexibility index (Phi) is 6.20. The number of nitrogens with one attached hydrogen (secondary N) is 1. The molecule has 0 aliphatic carbocycles. The fourth-order valence-corrected chi connectivity index (χ4v) is 2.66. The predicted octanol–water partition coefficient (Wildman–Crippen LogP) is 0.588. The average molecular weight is 293 g/mol. The van der Waals surface area contributed by atoms with Gasteiger partial charge in [0, 0.05) is 45.1 Å². The third-order valence-electron chi connectivity index (χ3n) is 4.08. The number of carbonyl (C=O) groups excluding carboxylic acids is 1. The lowest BCUT2D eigenvalue weighted by Crippen LogP contribution is -2.45. The van der Waals surface area contributed by atoms with Gasteiger partial charge in [-0.15, -0.1) is 0 Å². The molecule has 1 aromatic rings. The molecule has 1 amide bonds. The highest BCUT2D eigenvalue weighted by atomic mass is 16.2. The molecule has 0 saturated carbocycles. The monoisotopic (exact) mass is 293 g/mol.